The molecular weight excluding hydrogens is 243 g/mol. The molecule has 1 aliphatic carbocycles. The summed E-state index contributed by atoms with van der Waals surface area (Å²) in [5.41, 5.74) is 6.80. The molecule has 0 aliphatic heterocycles. The maximum Gasteiger partial charge on any atom is 0.141 e. The number of ether oxygens (including phenoxy) is 1. The maximum absolute atomic E-state index is 13.1. The number of nitrogens with zero attached hydrogens (tertiary/aromatic N) is 1. The highest BCUT2D eigenvalue weighted by molar-refractivity contribution is 5.09. The lowest BCUT2D eigenvalue weighted by molar-refractivity contribution is -0.0905. The molecule has 4 heteroatoms. The number of pyridine rings is 1. The number of halogens is 1. The van der Waals surface area contributed by atoms with Crippen LogP contribution in [0.2, 0.25) is 0 Å². The molecular formula is C15H23FN2O. The zero-order chi connectivity index (χ0) is 13.9. The van der Waals surface area contributed by atoms with Gasteiger partial charge in [-0.25, -0.2) is 4.39 Å². The molecule has 19 heavy (non-hydrogen) atoms. The van der Waals surface area contributed by atoms with Gasteiger partial charge in [-0.15, -0.1) is 0 Å². The molecule has 1 aromatic heterocycles. The average molecular weight is 266 g/mol. The predicted molar refractivity (Wildman–Crippen MR) is 73.0 cm³/mol. The third-order valence-corrected chi connectivity index (χ3v) is 4.19. The third kappa shape index (κ3) is 3.74. The van der Waals surface area contributed by atoms with Crippen molar-refractivity contribution in [3.63, 3.8) is 0 Å². The fourth-order valence-electron chi connectivity index (χ4n) is 2.56. The van der Waals surface area contributed by atoms with Crippen LogP contribution in [-0.4, -0.2) is 17.1 Å². The lowest BCUT2D eigenvalue weighted by Gasteiger charge is -2.42. The van der Waals surface area contributed by atoms with Crippen molar-refractivity contribution in [2.75, 3.05) is 6.54 Å². The van der Waals surface area contributed by atoms with Crippen molar-refractivity contribution in [3.05, 3.63) is 29.8 Å². The molecule has 1 fully saturated rings. The predicted octanol–water partition coefficient (Wildman–Crippen LogP) is 3.04. The van der Waals surface area contributed by atoms with E-state index in [2.05, 4.69) is 18.8 Å². The number of hydrogen-bond acceptors (Lipinski definition) is 3. The summed E-state index contributed by atoms with van der Waals surface area (Å²) in [6.45, 7) is 5.46. The van der Waals surface area contributed by atoms with Crippen LogP contribution in [0, 0.1) is 11.2 Å². The summed E-state index contributed by atoms with van der Waals surface area (Å²) in [4.78, 5) is 3.83. The number of nitrogens with two attached hydrogens (primary N) is 1. The zero-order valence-electron chi connectivity index (χ0n) is 11.8. The normalized spacial score (nSPS) is 21.3. The van der Waals surface area contributed by atoms with Gasteiger partial charge in [-0.2, -0.15) is 0 Å². The molecule has 1 aliphatic rings. The summed E-state index contributed by atoms with van der Waals surface area (Å²) in [7, 11) is 0. The lowest BCUT2D eigenvalue weighted by atomic mass is 9.71. The van der Waals surface area contributed by atoms with Crippen molar-refractivity contribution in [1.82, 2.24) is 4.98 Å². The first-order valence-corrected chi connectivity index (χ1v) is 6.88. The van der Waals surface area contributed by atoms with Crippen molar-refractivity contribution in [3.8, 4) is 0 Å². The van der Waals surface area contributed by atoms with E-state index in [-0.39, 0.29) is 11.4 Å². The average Bonchev–Trinajstić information content (AvgIpc) is 2.39. The first-order chi connectivity index (χ1) is 8.95. The Balaban J connectivity index is 1.96. The lowest BCUT2D eigenvalue weighted by Crippen LogP contribution is -2.45. The molecule has 0 saturated heterocycles. The second kappa shape index (κ2) is 5.55. The summed E-state index contributed by atoms with van der Waals surface area (Å²) >= 11 is 0. The van der Waals surface area contributed by atoms with Gasteiger partial charge in [0.1, 0.15) is 5.82 Å². The molecule has 0 radical (unpaired) electrons. The SMILES string of the molecule is CC1(C)CCC(CN)(OCc2cncc(F)c2)CC1. The standard InChI is InChI=1S/C15H23FN2O/c1-14(2)3-5-15(11-17,6-4-14)19-10-12-7-13(16)9-18-8-12/h7-9H,3-6,10-11,17H2,1-2H3. The monoisotopic (exact) mass is 266 g/mol. The molecule has 1 heterocycles. The molecule has 0 unspecified atom stereocenters. The van der Waals surface area contributed by atoms with Gasteiger partial charge in [0.2, 0.25) is 0 Å². The zero-order valence-corrected chi connectivity index (χ0v) is 11.8. The molecule has 106 valence electrons. The van der Waals surface area contributed by atoms with Crippen molar-refractivity contribution >= 4 is 0 Å². The number of hydrogen-bond donors (Lipinski definition) is 1. The first-order valence-electron chi connectivity index (χ1n) is 6.88. The Hall–Kier alpha value is -1.00. The highest BCUT2D eigenvalue weighted by Gasteiger charge is 2.38. The van der Waals surface area contributed by atoms with E-state index in [1.54, 1.807) is 6.20 Å². The van der Waals surface area contributed by atoms with Gasteiger partial charge in [-0.05, 0) is 42.7 Å². The van der Waals surface area contributed by atoms with E-state index >= 15 is 0 Å². The smallest absolute Gasteiger partial charge is 0.141 e. The Morgan fingerprint density at radius 2 is 1.95 bits per heavy atom. The molecule has 2 N–H and O–H groups in total. The van der Waals surface area contributed by atoms with Crippen LogP contribution in [0.3, 0.4) is 0 Å². The van der Waals surface area contributed by atoms with E-state index in [9.17, 15) is 4.39 Å². The van der Waals surface area contributed by atoms with Crippen LogP contribution in [0.4, 0.5) is 4.39 Å². The Morgan fingerprint density at radius 1 is 1.26 bits per heavy atom. The molecule has 1 aromatic rings. The van der Waals surface area contributed by atoms with E-state index in [1.807, 2.05) is 0 Å². The Bertz CT molecular complexity index is 424. The Morgan fingerprint density at radius 3 is 2.53 bits per heavy atom. The van der Waals surface area contributed by atoms with Gasteiger partial charge < -0.3 is 10.5 Å². The van der Waals surface area contributed by atoms with Crippen LogP contribution in [0.25, 0.3) is 0 Å². The van der Waals surface area contributed by atoms with Crippen LogP contribution in [-0.2, 0) is 11.3 Å². The van der Waals surface area contributed by atoms with E-state index in [4.69, 9.17) is 10.5 Å². The highest BCUT2D eigenvalue weighted by atomic mass is 19.1. The van der Waals surface area contributed by atoms with Gasteiger partial charge in [0, 0.05) is 12.7 Å². The van der Waals surface area contributed by atoms with E-state index in [1.165, 1.54) is 12.3 Å². The van der Waals surface area contributed by atoms with Gasteiger partial charge in [0.05, 0.1) is 18.4 Å². The molecule has 1 saturated carbocycles. The number of aromatic nitrogens is 1. The summed E-state index contributed by atoms with van der Waals surface area (Å²) in [6, 6.07) is 1.46. The summed E-state index contributed by atoms with van der Waals surface area (Å²) in [6.07, 6.45) is 7.01. The molecule has 0 amide bonds. The molecule has 2 rings (SSSR count). The first kappa shape index (κ1) is 14.4. The molecule has 0 bridgehead atoms. The van der Waals surface area contributed by atoms with Gasteiger partial charge in [0.25, 0.3) is 0 Å². The fraction of sp³-hybridized carbons (Fsp3) is 0.667. The second-order valence-electron chi connectivity index (χ2n) is 6.35. The third-order valence-electron chi connectivity index (χ3n) is 4.19. The summed E-state index contributed by atoms with van der Waals surface area (Å²) in [5.74, 6) is -0.326. The fourth-order valence-corrected chi connectivity index (χ4v) is 2.56. The van der Waals surface area contributed by atoms with Crippen LogP contribution < -0.4 is 5.73 Å². The van der Waals surface area contributed by atoms with Crippen LogP contribution in [0.15, 0.2) is 18.5 Å². The van der Waals surface area contributed by atoms with Crippen molar-refractivity contribution in [1.29, 1.82) is 0 Å². The minimum atomic E-state index is -0.326. The second-order valence-corrected chi connectivity index (χ2v) is 6.35. The van der Waals surface area contributed by atoms with Crippen LogP contribution in [0.5, 0.6) is 0 Å². The number of rotatable bonds is 4. The van der Waals surface area contributed by atoms with Crippen LogP contribution >= 0.6 is 0 Å². The van der Waals surface area contributed by atoms with Gasteiger partial charge in [0.15, 0.2) is 0 Å². The maximum atomic E-state index is 13.1. The largest absolute Gasteiger partial charge is 0.369 e. The van der Waals surface area contributed by atoms with E-state index in [0.717, 1.165) is 31.2 Å². The Kier molecular flexibility index (Phi) is 4.21. The topological polar surface area (TPSA) is 48.1 Å². The molecule has 3 nitrogen and oxygen atoms in total. The molecule has 0 aromatic carbocycles. The highest BCUT2D eigenvalue weighted by Crippen LogP contribution is 2.41. The molecule has 0 atom stereocenters. The minimum absolute atomic E-state index is 0.248. The Labute approximate surface area is 114 Å². The van der Waals surface area contributed by atoms with E-state index in [0.29, 0.717) is 18.6 Å². The van der Waals surface area contributed by atoms with E-state index < -0.39 is 0 Å². The summed E-state index contributed by atoms with van der Waals surface area (Å²) in [5, 5.41) is 0. The quantitative estimate of drug-likeness (QED) is 0.911. The van der Waals surface area contributed by atoms with Gasteiger partial charge >= 0.3 is 0 Å². The van der Waals surface area contributed by atoms with Gasteiger partial charge in [-0.3, -0.25) is 4.98 Å². The van der Waals surface area contributed by atoms with Crippen molar-refractivity contribution < 1.29 is 9.13 Å². The minimum Gasteiger partial charge on any atom is -0.369 e. The summed E-state index contributed by atoms with van der Waals surface area (Å²) < 4.78 is 19.1. The van der Waals surface area contributed by atoms with Crippen molar-refractivity contribution in [2.45, 2.75) is 51.7 Å². The van der Waals surface area contributed by atoms with Gasteiger partial charge in [-0.1, -0.05) is 13.8 Å². The van der Waals surface area contributed by atoms with Crippen LogP contribution in [0.1, 0.15) is 45.1 Å². The van der Waals surface area contributed by atoms with Crippen molar-refractivity contribution in [2.24, 2.45) is 11.1 Å². The molecule has 0 spiro atoms.